The molecular weight excluding hydrogens is 336 g/mol. The van der Waals surface area contributed by atoms with Gasteiger partial charge in [0.15, 0.2) is 5.01 Å². The molecule has 1 fully saturated rings. The van der Waals surface area contributed by atoms with Crippen LogP contribution >= 0.6 is 22.9 Å². The van der Waals surface area contributed by atoms with Crippen molar-refractivity contribution in [1.29, 1.82) is 0 Å². The average Bonchev–Trinajstić information content (AvgIpc) is 3.00. The Labute approximate surface area is 135 Å². The van der Waals surface area contributed by atoms with Crippen molar-refractivity contribution in [1.82, 2.24) is 15.2 Å². The molecule has 0 saturated carbocycles. The number of halogens is 3. The minimum Gasteiger partial charge on any atom is -0.350 e. The lowest BCUT2D eigenvalue weighted by atomic mass is 10.1. The fourth-order valence-electron chi connectivity index (χ4n) is 2.33. The Morgan fingerprint density at radius 3 is 2.91 bits per heavy atom. The van der Waals surface area contributed by atoms with Crippen LogP contribution in [-0.2, 0) is 4.79 Å². The fraction of sp³-hybridized carbons (Fsp3) is 0.615. The van der Waals surface area contributed by atoms with Gasteiger partial charge in [0.1, 0.15) is 10.0 Å². The maximum absolute atomic E-state index is 12.6. The van der Waals surface area contributed by atoms with E-state index in [4.69, 9.17) is 11.6 Å². The van der Waals surface area contributed by atoms with Gasteiger partial charge in [-0.2, -0.15) is 0 Å². The summed E-state index contributed by atoms with van der Waals surface area (Å²) in [7, 11) is 0. The number of hydrogen-bond donors (Lipinski definition) is 1. The summed E-state index contributed by atoms with van der Waals surface area (Å²) in [6, 6.07) is 0. The van der Waals surface area contributed by atoms with Crippen molar-refractivity contribution >= 4 is 34.8 Å². The van der Waals surface area contributed by atoms with E-state index in [1.807, 2.05) is 6.92 Å². The summed E-state index contributed by atoms with van der Waals surface area (Å²) in [5.74, 6) is -0.424. The summed E-state index contributed by atoms with van der Waals surface area (Å²) in [4.78, 5) is 28.6. The summed E-state index contributed by atoms with van der Waals surface area (Å²) in [6.07, 6.45) is -1.47. The van der Waals surface area contributed by atoms with Crippen LogP contribution in [0.2, 0.25) is 5.15 Å². The van der Waals surface area contributed by atoms with Crippen LogP contribution in [0.25, 0.3) is 0 Å². The Balaban J connectivity index is 1.88. The van der Waals surface area contributed by atoms with Gasteiger partial charge >= 0.3 is 0 Å². The highest BCUT2D eigenvalue weighted by Gasteiger charge is 2.29. The molecule has 0 radical (unpaired) electrons. The zero-order valence-corrected chi connectivity index (χ0v) is 13.5. The molecule has 0 aliphatic carbocycles. The smallest absolute Gasteiger partial charge is 0.280 e. The third kappa shape index (κ3) is 3.92. The first-order valence-corrected chi connectivity index (χ1v) is 8.12. The van der Waals surface area contributed by atoms with Gasteiger partial charge in [-0.05, 0) is 6.42 Å². The zero-order valence-electron chi connectivity index (χ0n) is 11.9. The number of likely N-dealkylation sites (tertiary alicyclic amines) is 1. The number of nitrogens with one attached hydrogen (secondary N) is 1. The van der Waals surface area contributed by atoms with E-state index in [0.29, 0.717) is 37.4 Å². The van der Waals surface area contributed by atoms with Crippen molar-refractivity contribution in [2.75, 3.05) is 19.6 Å². The van der Waals surface area contributed by atoms with Gasteiger partial charge in [-0.1, -0.05) is 18.5 Å². The Morgan fingerprint density at radius 2 is 2.32 bits per heavy atom. The van der Waals surface area contributed by atoms with Crippen molar-refractivity contribution in [3.05, 3.63) is 15.0 Å². The maximum atomic E-state index is 12.6. The standard InChI is InChI=1S/C13H16ClF2N3O2S/c1-2-3-19-6-7(4-8(19)20)5-17-12(21)13-18-10(14)9(22-13)11(15)16/h7,11H,2-6H2,1H3,(H,17,21). The molecule has 9 heteroatoms. The summed E-state index contributed by atoms with van der Waals surface area (Å²) in [5.41, 5.74) is 0. The van der Waals surface area contributed by atoms with Gasteiger partial charge < -0.3 is 10.2 Å². The Morgan fingerprint density at radius 1 is 1.59 bits per heavy atom. The molecule has 1 aliphatic heterocycles. The van der Waals surface area contributed by atoms with Crippen molar-refractivity contribution < 1.29 is 18.4 Å². The zero-order chi connectivity index (χ0) is 16.3. The topological polar surface area (TPSA) is 62.3 Å². The first-order chi connectivity index (χ1) is 10.4. The van der Waals surface area contributed by atoms with E-state index in [1.165, 1.54) is 0 Å². The van der Waals surface area contributed by atoms with Gasteiger partial charge in [0, 0.05) is 32.0 Å². The molecule has 5 nitrogen and oxygen atoms in total. The van der Waals surface area contributed by atoms with Gasteiger partial charge in [-0.15, -0.1) is 11.3 Å². The molecule has 0 aromatic carbocycles. The molecule has 2 heterocycles. The number of amides is 2. The van der Waals surface area contributed by atoms with Crippen molar-refractivity contribution in [2.45, 2.75) is 26.2 Å². The van der Waals surface area contributed by atoms with E-state index in [0.717, 1.165) is 6.42 Å². The molecule has 0 spiro atoms. The molecule has 1 aliphatic rings. The Bertz CT molecular complexity index is 567. The number of carbonyl (C=O) groups excluding carboxylic acids is 2. The maximum Gasteiger partial charge on any atom is 0.280 e. The van der Waals surface area contributed by atoms with E-state index in [9.17, 15) is 18.4 Å². The molecule has 1 atom stereocenters. The van der Waals surface area contributed by atoms with Crippen molar-refractivity contribution in [3.8, 4) is 0 Å². The molecule has 2 rings (SSSR count). The van der Waals surface area contributed by atoms with Gasteiger partial charge in [0.25, 0.3) is 12.3 Å². The van der Waals surface area contributed by atoms with Gasteiger partial charge in [-0.25, -0.2) is 13.8 Å². The quantitative estimate of drug-likeness (QED) is 0.857. The molecule has 1 aromatic rings. The van der Waals surface area contributed by atoms with Gasteiger partial charge in [0.2, 0.25) is 5.91 Å². The van der Waals surface area contributed by atoms with Gasteiger partial charge in [0.05, 0.1) is 0 Å². The van der Waals surface area contributed by atoms with Crippen LogP contribution in [0.4, 0.5) is 8.78 Å². The molecule has 122 valence electrons. The van der Waals surface area contributed by atoms with E-state index >= 15 is 0 Å². The van der Waals surface area contributed by atoms with Crippen LogP contribution in [0, 0.1) is 5.92 Å². The minimum absolute atomic E-state index is 0.0352. The summed E-state index contributed by atoms with van der Waals surface area (Å²) >= 11 is 6.16. The average molecular weight is 352 g/mol. The first-order valence-electron chi connectivity index (χ1n) is 6.92. The number of alkyl halides is 2. The predicted octanol–water partition coefficient (Wildman–Crippen LogP) is 2.72. The number of carbonyl (C=O) groups is 2. The minimum atomic E-state index is -2.75. The van der Waals surface area contributed by atoms with Crippen LogP contribution in [0.1, 0.15) is 40.9 Å². The van der Waals surface area contributed by atoms with Crippen LogP contribution in [0.3, 0.4) is 0 Å². The van der Waals surface area contributed by atoms with Crippen LogP contribution in [0.15, 0.2) is 0 Å². The SMILES string of the molecule is CCCN1CC(CNC(=O)c2nc(Cl)c(C(F)F)s2)CC1=O. The van der Waals surface area contributed by atoms with Gasteiger partial charge in [-0.3, -0.25) is 9.59 Å². The van der Waals surface area contributed by atoms with Crippen LogP contribution < -0.4 is 5.32 Å². The van der Waals surface area contributed by atoms with Crippen molar-refractivity contribution in [3.63, 3.8) is 0 Å². The normalized spacial score (nSPS) is 18.3. The van der Waals surface area contributed by atoms with E-state index in [-0.39, 0.29) is 22.0 Å². The predicted molar refractivity (Wildman–Crippen MR) is 79.4 cm³/mol. The second-order valence-corrected chi connectivity index (χ2v) is 6.48. The summed E-state index contributed by atoms with van der Waals surface area (Å²) in [5, 5.41) is 2.20. The van der Waals surface area contributed by atoms with E-state index in [2.05, 4.69) is 10.3 Å². The molecule has 1 saturated heterocycles. The second-order valence-electron chi connectivity index (χ2n) is 5.09. The molecule has 1 aromatic heterocycles. The molecule has 0 bridgehead atoms. The lowest BCUT2D eigenvalue weighted by molar-refractivity contribution is -0.127. The number of hydrogen-bond acceptors (Lipinski definition) is 4. The monoisotopic (exact) mass is 351 g/mol. The number of nitrogens with zero attached hydrogens (tertiary/aromatic N) is 2. The highest BCUT2D eigenvalue weighted by Crippen LogP contribution is 2.32. The fourth-order valence-corrected chi connectivity index (χ4v) is 3.40. The largest absolute Gasteiger partial charge is 0.350 e. The molecule has 2 amide bonds. The third-order valence-electron chi connectivity index (χ3n) is 3.34. The van der Waals surface area contributed by atoms with Crippen LogP contribution in [0.5, 0.6) is 0 Å². The van der Waals surface area contributed by atoms with Crippen molar-refractivity contribution in [2.24, 2.45) is 5.92 Å². The Hall–Kier alpha value is -1.28. The molecule has 1 unspecified atom stereocenters. The first kappa shape index (κ1) is 17.1. The number of rotatable bonds is 6. The lowest BCUT2D eigenvalue weighted by Gasteiger charge is -2.15. The highest BCUT2D eigenvalue weighted by molar-refractivity contribution is 7.14. The summed E-state index contributed by atoms with van der Waals surface area (Å²) < 4.78 is 25.2. The highest BCUT2D eigenvalue weighted by atomic mass is 35.5. The Kier molecular flexibility index (Phi) is 5.69. The lowest BCUT2D eigenvalue weighted by Crippen LogP contribution is -2.31. The molecule has 1 N–H and O–H groups in total. The van der Waals surface area contributed by atoms with Crippen LogP contribution in [-0.4, -0.2) is 41.3 Å². The molecular formula is C13H16ClF2N3O2S. The molecule has 22 heavy (non-hydrogen) atoms. The van der Waals surface area contributed by atoms with E-state index in [1.54, 1.807) is 4.90 Å². The van der Waals surface area contributed by atoms with E-state index < -0.39 is 17.2 Å². The third-order valence-corrected chi connectivity index (χ3v) is 4.80. The second kappa shape index (κ2) is 7.32. The number of aromatic nitrogens is 1. The summed E-state index contributed by atoms with van der Waals surface area (Å²) in [6.45, 7) is 3.62. The number of thiazole rings is 1.